The maximum atomic E-state index is 14.5. The molecule has 2 aromatic rings. The number of rotatable bonds is 7. The van der Waals surface area contributed by atoms with Crippen molar-refractivity contribution in [3.63, 3.8) is 0 Å². The summed E-state index contributed by atoms with van der Waals surface area (Å²) in [5, 5.41) is 5.66. The van der Waals surface area contributed by atoms with Crippen LogP contribution in [0, 0.1) is 17.5 Å². The molecule has 0 fully saturated rings. The maximum absolute atomic E-state index is 14.5. The van der Waals surface area contributed by atoms with Crippen molar-refractivity contribution < 1.29 is 22.7 Å². The molecule has 1 aliphatic heterocycles. The Hall–Kier alpha value is -2.36. The minimum atomic E-state index is -1.18. The molecule has 0 aromatic heterocycles. The Balaban J connectivity index is 2.18. The van der Waals surface area contributed by atoms with E-state index in [2.05, 4.69) is 5.10 Å². The molecule has 0 aliphatic carbocycles. The van der Waals surface area contributed by atoms with Gasteiger partial charge in [0.25, 0.3) is 5.91 Å². The standard InChI is InChI=1S/C21H22F3N3O2S/c1-13(29-2)20(28)27-21(9-4-10-25,14-5-3-6-15(22)11-14)30-19(26-27)17-12-16(23)7-8-18(17)24/h3,5-8,11-13H,4,9-10,25H2,1-2H3/t13-,21?/m0/s1. The van der Waals surface area contributed by atoms with Crippen LogP contribution in [0.15, 0.2) is 47.6 Å². The van der Waals surface area contributed by atoms with Crippen LogP contribution in [0.3, 0.4) is 0 Å². The summed E-state index contributed by atoms with van der Waals surface area (Å²) in [6.45, 7) is 1.88. The lowest BCUT2D eigenvalue weighted by molar-refractivity contribution is -0.144. The number of hydrazone groups is 1. The second-order valence-corrected chi connectivity index (χ2v) is 8.11. The lowest BCUT2D eigenvalue weighted by atomic mass is 9.99. The van der Waals surface area contributed by atoms with Crippen molar-refractivity contribution >= 4 is 22.7 Å². The predicted molar refractivity (Wildman–Crippen MR) is 110 cm³/mol. The van der Waals surface area contributed by atoms with Gasteiger partial charge in [-0.25, -0.2) is 18.2 Å². The summed E-state index contributed by atoms with van der Waals surface area (Å²) in [4.78, 5) is 11.9. The first-order valence-electron chi connectivity index (χ1n) is 9.38. The minimum absolute atomic E-state index is 0.0751. The van der Waals surface area contributed by atoms with E-state index in [1.165, 1.54) is 30.3 Å². The first-order valence-corrected chi connectivity index (χ1v) is 10.2. The van der Waals surface area contributed by atoms with E-state index in [4.69, 9.17) is 10.5 Å². The van der Waals surface area contributed by atoms with E-state index in [0.717, 1.165) is 30.0 Å². The Morgan fingerprint density at radius 3 is 2.63 bits per heavy atom. The van der Waals surface area contributed by atoms with Crippen LogP contribution < -0.4 is 5.73 Å². The summed E-state index contributed by atoms with van der Waals surface area (Å²) in [6, 6.07) is 8.82. The van der Waals surface area contributed by atoms with E-state index in [1.54, 1.807) is 13.0 Å². The highest BCUT2D eigenvalue weighted by molar-refractivity contribution is 8.15. The normalized spacial score (nSPS) is 19.7. The van der Waals surface area contributed by atoms with Crippen LogP contribution in [0.1, 0.15) is 30.9 Å². The van der Waals surface area contributed by atoms with Crippen LogP contribution >= 0.6 is 11.8 Å². The molecule has 1 amide bonds. The second-order valence-electron chi connectivity index (χ2n) is 6.85. The Morgan fingerprint density at radius 2 is 1.97 bits per heavy atom. The molecular formula is C21H22F3N3O2S. The highest BCUT2D eigenvalue weighted by Gasteiger charge is 2.49. The molecule has 5 nitrogen and oxygen atoms in total. The first-order chi connectivity index (χ1) is 14.3. The second kappa shape index (κ2) is 9.20. The monoisotopic (exact) mass is 437 g/mol. The van der Waals surface area contributed by atoms with Gasteiger partial charge in [0.05, 0.1) is 0 Å². The number of thioether (sulfide) groups is 1. The van der Waals surface area contributed by atoms with Crippen LogP contribution in [0.4, 0.5) is 13.2 Å². The molecule has 2 N–H and O–H groups in total. The van der Waals surface area contributed by atoms with Gasteiger partial charge in [-0.05, 0) is 62.2 Å². The molecule has 0 radical (unpaired) electrons. The van der Waals surface area contributed by atoms with Crippen molar-refractivity contribution in [1.82, 2.24) is 5.01 Å². The maximum Gasteiger partial charge on any atom is 0.273 e. The molecule has 1 aliphatic rings. The van der Waals surface area contributed by atoms with Crippen molar-refractivity contribution in [3.8, 4) is 0 Å². The van der Waals surface area contributed by atoms with E-state index in [-0.39, 0.29) is 10.6 Å². The van der Waals surface area contributed by atoms with Gasteiger partial charge in [0.1, 0.15) is 33.5 Å². The lowest BCUT2D eigenvalue weighted by Gasteiger charge is -2.36. The van der Waals surface area contributed by atoms with Crippen molar-refractivity contribution in [3.05, 3.63) is 71.0 Å². The molecule has 30 heavy (non-hydrogen) atoms. The quantitative estimate of drug-likeness (QED) is 0.712. The number of nitrogens with two attached hydrogens (primary N) is 1. The zero-order chi connectivity index (χ0) is 21.9. The van der Waals surface area contributed by atoms with Crippen molar-refractivity contribution in [2.24, 2.45) is 10.8 Å². The van der Waals surface area contributed by atoms with E-state index in [1.807, 2.05) is 0 Å². The molecule has 2 atom stereocenters. The number of ether oxygens (including phenoxy) is 1. The van der Waals surface area contributed by atoms with Crippen molar-refractivity contribution in [1.29, 1.82) is 0 Å². The van der Waals surface area contributed by atoms with Gasteiger partial charge in [0.15, 0.2) is 0 Å². The van der Waals surface area contributed by atoms with Gasteiger partial charge < -0.3 is 10.5 Å². The number of hydrogen-bond donors (Lipinski definition) is 1. The average Bonchev–Trinajstić information content (AvgIpc) is 3.13. The van der Waals surface area contributed by atoms with Crippen LogP contribution in [0.2, 0.25) is 0 Å². The predicted octanol–water partition coefficient (Wildman–Crippen LogP) is 3.97. The Labute approximate surface area is 177 Å². The van der Waals surface area contributed by atoms with Gasteiger partial charge >= 0.3 is 0 Å². The SMILES string of the molecule is CO[C@@H](C)C(=O)N1N=C(c2cc(F)ccc2F)SC1(CCCN)c1cccc(F)c1. The topological polar surface area (TPSA) is 67.9 Å². The number of nitrogens with zero attached hydrogens (tertiary/aromatic N) is 2. The number of methoxy groups -OCH3 is 1. The van der Waals surface area contributed by atoms with Gasteiger partial charge in [-0.15, -0.1) is 0 Å². The number of benzene rings is 2. The molecule has 0 saturated heterocycles. The number of carbonyl (C=O) groups excluding carboxylic acids is 1. The fourth-order valence-electron chi connectivity index (χ4n) is 3.22. The summed E-state index contributed by atoms with van der Waals surface area (Å²) >= 11 is 1.07. The molecule has 2 aromatic carbocycles. The molecule has 0 bridgehead atoms. The zero-order valence-corrected chi connectivity index (χ0v) is 17.4. The van der Waals surface area contributed by atoms with Crippen LogP contribution in [0.5, 0.6) is 0 Å². The summed E-state index contributed by atoms with van der Waals surface area (Å²) < 4.78 is 47.5. The third-order valence-electron chi connectivity index (χ3n) is 4.86. The summed E-state index contributed by atoms with van der Waals surface area (Å²) in [6.07, 6.45) is -0.0378. The van der Waals surface area contributed by atoms with Crippen molar-refractivity contribution in [2.75, 3.05) is 13.7 Å². The average molecular weight is 437 g/mol. The van der Waals surface area contributed by atoms with Crippen LogP contribution in [-0.4, -0.2) is 35.7 Å². The molecule has 3 rings (SSSR count). The van der Waals surface area contributed by atoms with Gasteiger partial charge in [0.2, 0.25) is 0 Å². The van der Waals surface area contributed by atoms with Crippen LogP contribution in [0.25, 0.3) is 0 Å². The molecule has 1 unspecified atom stereocenters. The minimum Gasteiger partial charge on any atom is -0.372 e. The highest BCUT2D eigenvalue weighted by atomic mass is 32.2. The molecule has 1 heterocycles. The molecule has 0 saturated carbocycles. The van der Waals surface area contributed by atoms with E-state index >= 15 is 0 Å². The summed E-state index contributed by atoms with van der Waals surface area (Å²) in [5.41, 5.74) is 6.10. The summed E-state index contributed by atoms with van der Waals surface area (Å²) in [7, 11) is 1.38. The van der Waals surface area contributed by atoms with E-state index < -0.39 is 34.3 Å². The molecular weight excluding hydrogens is 415 g/mol. The molecule has 9 heteroatoms. The van der Waals surface area contributed by atoms with E-state index in [0.29, 0.717) is 24.9 Å². The van der Waals surface area contributed by atoms with Gasteiger partial charge in [-0.3, -0.25) is 4.79 Å². The summed E-state index contributed by atoms with van der Waals surface area (Å²) in [5.74, 6) is -2.29. The Kier molecular flexibility index (Phi) is 6.84. The fraction of sp³-hybridized carbons (Fsp3) is 0.333. The number of hydrogen-bond acceptors (Lipinski definition) is 5. The zero-order valence-electron chi connectivity index (χ0n) is 16.6. The van der Waals surface area contributed by atoms with Crippen LogP contribution in [-0.2, 0) is 14.4 Å². The third-order valence-corrected chi connectivity index (χ3v) is 6.31. The van der Waals surface area contributed by atoms with Gasteiger partial charge in [-0.1, -0.05) is 23.9 Å². The fourth-order valence-corrected chi connectivity index (χ4v) is 4.64. The largest absolute Gasteiger partial charge is 0.372 e. The number of carbonyl (C=O) groups is 1. The third kappa shape index (κ3) is 4.23. The number of halogens is 3. The first kappa shape index (κ1) is 22.3. The Bertz CT molecular complexity index is 972. The van der Waals surface area contributed by atoms with E-state index in [9.17, 15) is 18.0 Å². The smallest absolute Gasteiger partial charge is 0.273 e. The highest BCUT2D eigenvalue weighted by Crippen LogP contribution is 2.51. The van der Waals surface area contributed by atoms with Crippen molar-refractivity contribution in [2.45, 2.75) is 30.7 Å². The lowest BCUT2D eigenvalue weighted by Crippen LogP contribution is -2.46. The Morgan fingerprint density at radius 1 is 1.23 bits per heavy atom. The molecule has 0 spiro atoms. The van der Waals surface area contributed by atoms with Gasteiger partial charge in [0, 0.05) is 12.7 Å². The number of amides is 1. The van der Waals surface area contributed by atoms with Gasteiger partial charge in [-0.2, -0.15) is 5.10 Å². The molecule has 160 valence electrons.